The molecule has 0 aliphatic rings. The Bertz CT molecular complexity index is 278. The average molecular weight is 247 g/mol. The highest BCUT2D eigenvalue weighted by molar-refractivity contribution is 5.04. The molecule has 0 spiro atoms. The zero-order valence-electron chi connectivity index (χ0n) is 9.99. The van der Waals surface area contributed by atoms with Crippen LogP contribution in [0.5, 0.6) is 0 Å². The third-order valence-corrected chi connectivity index (χ3v) is 2.32. The van der Waals surface area contributed by atoms with Gasteiger partial charge in [-0.15, -0.1) is 0 Å². The first-order chi connectivity index (χ1) is 8.24. The normalized spacial score (nSPS) is 13.2. The van der Waals surface area contributed by atoms with Gasteiger partial charge in [-0.2, -0.15) is 0 Å². The summed E-state index contributed by atoms with van der Waals surface area (Å²) in [6, 6.07) is 3.72. The summed E-state index contributed by atoms with van der Waals surface area (Å²) in [6.07, 6.45) is 0.839. The first-order valence-corrected chi connectivity index (χ1v) is 5.86. The fourth-order valence-corrected chi connectivity index (χ4v) is 1.53. The van der Waals surface area contributed by atoms with Crippen LogP contribution in [0.1, 0.15) is 31.6 Å². The van der Waals surface area contributed by atoms with Gasteiger partial charge in [0.05, 0.1) is 12.3 Å². The summed E-state index contributed by atoms with van der Waals surface area (Å²) < 4.78 is 33.9. The van der Waals surface area contributed by atoms with Crippen LogP contribution in [-0.4, -0.2) is 26.2 Å². The van der Waals surface area contributed by atoms with Crippen molar-refractivity contribution in [3.8, 4) is 0 Å². The highest BCUT2D eigenvalue weighted by atomic mass is 19.3. The smallest absolute Gasteiger partial charge is 0.261 e. The number of halogens is 2. The molecule has 1 aromatic rings. The van der Waals surface area contributed by atoms with Gasteiger partial charge in [-0.3, -0.25) is 0 Å². The Balaban J connectivity index is 2.31. The maximum atomic E-state index is 11.9. The van der Waals surface area contributed by atoms with Gasteiger partial charge in [0.15, 0.2) is 0 Å². The summed E-state index contributed by atoms with van der Waals surface area (Å²) in [7, 11) is 0. The monoisotopic (exact) mass is 247 g/mol. The third kappa shape index (κ3) is 5.79. The Kier molecular flexibility index (Phi) is 6.81. The molecular formula is C12H19F2NO2. The minimum Gasteiger partial charge on any atom is -0.468 e. The topological polar surface area (TPSA) is 34.4 Å². The van der Waals surface area contributed by atoms with Crippen LogP contribution < -0.4 is 5.32 Å². The molecule has 1 rings (SSSR count). The molecule has 0 aliphatic carbocycles. The van der Waals surface area contributed by atoms with Crippen molar-refractivity contribution in [2.75, 3.05) is 19.8 Å². The number of rotatable bonds is 9. The molecular weight excluding hydrogens is 228 g/mol. The highest BCUT2D eigenvalue weighted by Crippen LogP contribution is 2.17. The van der Waals surface area contributed by atoms with Gasteiger partial charge in [0, 0.05) is 6.61 Å². The van der Waals surface area contributed by atoms with E-state index in [2.05, 4.69) is 12.2 Å². The average Bonchev–Trinajstić information content (AvgIpc) is 2.81. The number of ether oxygens (including phenoxy) is 1. The molecule has 17 heavy (non-hydrogen) atoms. The first kappa shape index (κ1) is 14.1. The van der Waals surface area contributed by atoms with Gasteiger partial charge in [-0.1, -0.05) is 6.92 Å². The molecule has 0 amide bonds. The minimum atomic E-state index is -2.40. The van der Waals surface area contributed by atoms with Crippen LogP contribution in [0.15, 0.2) is 22.8 Å². The van der Waals surface area contributed by atoms with Crippen LogP contribution in [0, 0.1) is 0 Å². The Hall–Kier alpha value is -0.940. The molecule has 1 aromatic heterocycles. The Morgan fingerprint density at radius 1 is 1.47 bits per heavy atom. The summed E-state index contributed by atoms with van der Waals surface area (Å²) in [6.45, 7) is 2.73. The molecule has 0 saturated heterocycles. The van der Waals surface area contributed by atoms with Crippen molar-refractivity contribution in [2.24, 2.45) is 0 Å². The molecule has 1 atom stereocenters. The summed E-state index contributed by atoms with van der Waals surface area (Å²) in [5.74, 6) is 0.819. The maximum Gasteiger partial charge on any atom is 0.261 e. The quantitative estimate of drug-likeness (QED) is 0.681. The molecule has 0 bridgehead atoms. The fourth-order valence-electron chi connectivity index (χ4n) is 1.53. The Morgan fingerprint density at radius 3 is 2.88 bits per heavy atom. The highest BCUT2D eigenvalue weighted by Gasteiger charge is 2.13. The van der Waals surface area contributed by atoms with E-state index >= 15 is 0 Å². The second kappa shape index (κ2) is 8.20. The predicted molar refractivity (Wildman–Crippen MR) is 61.2 cm³/mol. The van der Waals surface area contributed by atoms with Gasteiger partial charge in [0.25, 0.3) is 6.43 Å². The molecule has 0 aromatic carbocycles. The maximum absolute atomic E-state index is 11.9. The van der Waals surface area contributed by atoms with E-state index in [-0.39, 0.29) is 6.04 Å². The molecule has 0 saturated carbocycles. The van der Waals surface area contributed by atoms with E-state index in [1.807, 2.05) is 12.1 Å². The molecule has 1 heterocycles. The summed E-state index contributed by atoms with van der Waals surface area (Å²) in [5, 5.41) is 3.30. The van der Waals surface area contributed by atoms with Crippen LogP contribution >= 0.6 is 0 Å². The molecule has 0 aliphatic heterocycles. The van der Waals surface area contributed by atoms with Gasteiger partial charge in [-0.05, 0) is 31.5 Å². The summed E-state index contributed by atoms with van der Waals surface area (Å²) in [5.41, 5.74) is 0. The molecule has 0 fully saturated rings. The lowest BCUT2D eigenvalue weighted by Crippen LogP contribution is -2.23. The van der Waals surface area contributed by atoms with E-state index in [1.165, 1.54) is 0 Å². The lowest BCUT2D eigenvalue weighted by Gasteiger charge is -2.16. The Morgan fingerprint density at radius 2 is 2.29 bits per heavy atom. The van der Waals surface area contributed by atoms with E-state index in [1.54, 1.807) is 6.26 Å². The standard InChI is InChI=1S/C12H19F2NO2/c1-2-6-15-10(11-4-3-7-17-11)5-8-16-9-12(13)14/h3-4,7,10,12,15H,2,5-6,8-9H2,1H3. The van der Waals surface area contributed by atoms with E-state index in [0.29, 0.717) is 13.0 Å². The second-order valence-corrected chi connectivity index (χ2v) is 3.78. The molecule has 5 heteroatoms. The van der Waals surface area contributed by atoms with Crippen molar-refractivity contribution in [1.82, 2.24) is 5.32 Å². The predicted octanol–water partition coefficient (Wildman–Crippen LogP) is 2.99. The van der Waals surface area contributed by atoms with Crippen LogP contribution in [0.2, 0.25) is 0 Å². The fraction of sp³-hybridized carbons (Fsp3) is 0.667. The van der Waals surface area contributed by atoms with E-state index in [4.69, 9.17) is 9.15 Å². The Labute approximate surface area is 100 Å². The molecule has 3 nitrogen and oxygen atoms in total. The SMILES string of the molecule is CCCNC(CCOCC(F)F)c1ccco1. The lowest BCUT2D eigenvalue weighted by atomic mass is 10.1. The molecule has 1 unspecified atom stereocenters. The molecule has 0 radical (unpaired) electrons. The number of alkyl halides is 2. The number of nitrogens with one attached hydrogen (secondary N) is 1. The second-order valence-electron chi connectivity index (χ2n) is 3.78. The van der Waals surface area contributed by atoms with Crippen molar-refractivity contribution in [2.45, 2.75) is 32.2 Å². The number of hydrogen-bond donors (Lipinski definition) is 1. The van der Waals surface area contributed by atoms with Crippen LogP contribution in [0.3, 0.4) is 0 Å². The summed E-state index contributed by atoms with van der Waals surface area (Å²) in [4.78, 5) is 0. The third-order valence-electron chi connectivity index (χ3n) is 2.32. The van der Waals surface area contributed by atoms with Gasteiger partial charge >= 0.3 is 0 Å². The zero-order valence-corrected chi connectivity index (χ0v) is 9.99. The van der Waals surface area contributed by atoms with E-state index < -0.39 is 13.0 Å². The van der Waals surface area contributed by atoms with Gasteiger partial charge in [0.2, 0.25) is 0 Å². The lowest BCUT2D eigenvalue weighted by molar-refractivity contribution is 0.0138. The van der Waals surface area contributed by atoms with Gasteiger partial charge in [0.1, 0.15) is 12.4 Å². The summed E-state index contributed by atoms with van der Waals surface area (Å²) >= 11 is 0. The van der Waals surface area contributed by atoms with E-state index in [9.17, 15) is 8.78 Å². The van der Waals surface area contributed by atoms with Crippen molar-refractivity contribution in [1.29, 1.82) is 0 Å². The van der Waals surface area contributed by atoms with Crippen molar-refractivity contribution < 1.29 is 17.9 Å². The number of furan rings is 1. The van der Waals surface area contributed by atoms with Crippen molar-refractivity contribution in [3.05, 3.63) is 24.2 Å². The zero-order chi connectivity index (χ0) is 12.5. The molecule has 98 valence electrons. The minimum absolute atomic E-state index is 0.0302. The van der Waals surface area contributed by atoms with Crippen molar-refractivity contribution in [3.63, 3.8) is 0 Å². The van der Waals surface area contributed by atoms with Crippen LogP contribution in [0.25, 0.3) is 0 Å². The van der Waals surface area contributed by atoms with E-state index in [0.717, 1.165) is 18.7 Å². The molecule has 1 N–H and O–H groups in total. The van der Waals surface area contributed by atoms with Gasteiger partial charge in [-0.25, -0.2) is 8.78 Å². The number of hydrogen-bond acceptors (Lipinski definition) is 3. The van der Waals surface area contributed by atoms with Crippen LogP contribution in [0.4, 0.5) is 8.78 Å². The first-order valence-electron chi connectivity index (χ1n) is 5.86. The van der Waals surface area contributed by atoms with Gasteiger partial charge < -0.3 is 14.5 Å². The largest absolute Gasteiger partial charge is 0.468 e. The van der Waals surface area contributed by atoms with Crippen LogP contribution in [-0.2, 0) is 4.74 Å². The van der Waals surface area contributed by atoms with Crippen molar-refractivity contribution >= 4 is 0 Å².